The summed E-state index contributed by atoms with van der Waals surface area (Å²) in [7, 11) is 2.96. The van der Waals surface area contributed by atoms with Crippen molar-refractivity contribution in [1.29, 1.82) is 0 Å². The maximum Gasteiger partial charge on any atom is 0.307 e. The second kappa shape index (κ2) is 7.55. The van der Waals surface area contributed by atoms with Gasteiger partial charge in [-0.3, -0.25) is 9.59 Å². The van der Waals surface area contributed by atoms with E-state index in [1.807, 2.05) is 0 Å². The minimum Gasteiger partial charge on any atom is -0.495 e. The lowest BCUT2D eigenvalue weighted by Gasteiger charge is -2.27. The smallest absolute Gasteiger partial charge is 0.307 e. The molecule has 23 heavy (non-hydrogen) atoms. The fourth-order valence-corrected chi connectivity index (χ4v) is 3.16. The summed E-state index contributed by atoms with van der Waals surface area (Å²) in [4.78, 5) is 23.9. The van der Waals surface area contributed by atoms with Gasteiger partial charge in [0.1, 0.15) is 11.5 Å². The van der Waals surface area contributed by atoms with E-state index in [0.29, 0.717) is 35.1 Å². The average molecular weight is 342 g/mol. The predicted molar refractivity (Wildman–Crippen MR) is 86.3 cm³/mol. The lowest BCUT2D eigenvalue weighted by Crippen LogP contribution is -2.36. The number of nitrogens with one attached hydrogen (secondary N) is 1. The number of rotatable bonds is 5. The number of halogens is 1. The second-order valence-electron chi connectivity index (χ2n) is 5.51. The molecular formula is C16H20ClNO5. The van der Waals surface area contributed by atoms with Crippen molar-refractivity contribution in [1.82, 2.24) is 0 Å². The molecule has 1 aromatic rings. The molecule has 1 saturated carbocycles. The number of carboxylic acids is 1. The highest BCUT2D eigenvalue weighted by molar-refractivity contribution is 6.32. The molecule has 1 fully saturated rings. The zero-order valence-electron chi connectivity index (χ0n) is 13.1. The van der Waals surface area contributed by atoms with Crippen LogP contribution >= 0.6 is 11.6 Å². The summed E-state index contributed by atoms with van der Waals surface area (Å²) in [5.41, 5.74) is 0.401. The number of methoxy groups -OCH3 is 2. The van der Waals surface area contributed by atoms with Gasteiger partial charge in [0.15, 0.2) is 0 Å². The summed E-state index contributed by atoms with van der Waals surface area (Å²) < 4.78 is 10.3. The molecule has 1 aromatic carbocycles. The summed E-state index contributed by atoms with van der Waals surface area (Å²) in [6.45, 7) is 0. The summed E-state index contributed by atoms with van der Waals surface area (Å²) in [6.07, 6.45) is 2.77. The van der Waals surface area contributed by atoms with E-state index in [4.69, 9.17) is 21.1 Å². The Hall–Kier alpha value is -1.95. The van der Waals surface area contributed by atoms with Gasteiger partial charge in [-0.15, -0.1) is 0 Å². The maximum absolute atomic E-state index is 12.5. The van der Waals surface area contributed by atoms with Crippen molar-refractivity contribution < 1.29 is 24.2 Å². The zero-order chi connectivity index (χ0) is 17.0. The number of anilines is 1. The molecule has 0 saturated heterocycles. The summed E-state index contributed by atoms with van der Waals surface area (Å²) in [5.74, 6) is -1.61. The molecule has 0 spiro atoms. The Morgan fingerprint density at radius 1 is 1.13 bits per heavy atom. The quantitative estimate of drug-likeness (QED) is 0.859. The minimum atomic E-state index is -0.926. The van der Waals surface area contributed by atoms with Gasteiger partial charge in [0, 0.05) is 6.07 Å². The van der Waals surface area contributed by atoms with Gasteiger partial charge in [0.2, 0.25) is 5.91 Å². The molecule has 0 aromatic heterocycles. The lowest BCUT2D eigenvalue weighted by molar-refractivity contribution is -0.147. The first-order valence-electron chi connectivity index (χ1n) is 7.43. The summed E-state index contributed by atoms with van der Waals surface area (Å²) in [5, 5.41) is 12.4. The van der Waals surface area contributed by atoms with Gasteiger partial charge < -0.3 is 19.9 Å². The molecule has 0 heterocycles. The largest absolute Gasteiger partial charge is 0.495 e. The number of aliphatic carboxylic acids is 1. The fourth-order valence-electron chi connectivity index (χ4n) is 2.92. The van der Waals surface area contributed by atoms with Crippen LogP contribution in [0.15, 0.2) is 12.1 Å². The molecule has 0 radical (unpaired) electrons. The topological polar surface area (TPSA) is 84.9 Å². The number of carbonyl (C=O) groups is 2. The normalized spacial score (nSPS) is 20.7. The van der Waals surface area contributed by atoms with Gasteiger partial charge in [-0.2, -0.15) is 0 Å². The van der Waals surface area contributed by atoms with Crippen molar-refractivity contribution in [2.75, 3.05) is 19.5 Å². The maximum atomic E-state index is 12.5. The molecule has 0 unspecified atom stereocenters. The van der Waals surface area contributed by atoms with Gasteiger partial charge in [-0.25, -0.2) is 0 Å². The molecule has 1 aliphatic rings. The van der Waals surface area contributed by atoms with Crippen molar-refractivity contribution in [2.24, 2.45) is 11.8 Å². The van der Waals surface area contributed by atoms with Crippen LogP contribution in [0, 0.1) is 11.8 Å². The van der Waals surface area contributed by atoms with Crippen LogP contribution in [0.25, 0.3) is 0 Å². The molecule has 2 atom stereocenters. The van der Waals surface area contributed by atoms with Gasteiger partial charge in [-0.05, 0) is 18.9 Å². The highest BCUT2D eigenvalue weighted by Gasteiger charge is 2.36. The van der Waals surface area contributed by atoms with Crippen molar-refractivity contribution in [3.8, 4) is 11.5 Å². The SMILES string of the molecule is COc1cc(OC)c(NC(=O)[C@@H]2CCCC[C@H]2C(=O)O)cc1Cl. The van der Waals surface area contributed by atoms with E-state index < -0.39 is 17.8 Å². The number of carbonyl (C=O) groups excluding carboxylic acids is 1. The van der Waals surface area contributed by atoms with E-state index in [0.717, 1.165) is 12.8 Å². The van der Waals surface area contributed by atoms with Crippen LogP contribution in [0.4, 0.5) is 5.69 Å². The number of benzene rings is 1. The van der Waals surface area contributed by atoms with Gasteiger partial charge in [-0.1, -0.05) is 24.4 Å². The van der Waals surface area contributed by atoms with Crippen molar-refractivity contribution in [2.45, 2.75) is 25.7 Å². The summed E-state index contributed by atoms with van der Waals surface area (Å²) in [6, 6.07) is 3.11. The van der Waals surface area contributed by atoms with Crippen LogP contribution in [-0.2, 0) is 9.59 Å². The monoisotopic (exact) mass is 341 g/mol. The Morgan fingerprint density at radius 3 is 2.30 bits per heavy atom. The van der Waals surface area contributed by atoms with Crippen molar-refractivity contribution in [3.63, 3.8) is 0 Å². The molecule has 126 valence electrons. The predicted octanol–water partition coefficient (Wildman–Crippen LogP) is 3.19. The number of carboxylic acid groups (broad SMARTS) is 1. The number of hydrogen-bond acceptors (Lipinski definition) is 4. The van der Waals surface area contributed by atoms with Gasteiger partial charge >= 0.3 is 5.97 Å². The summed E-state index contributed by atoms with van der Waals surface area (Å²) >= 11 is 6.08. The molecule has 6 nitrogen and oxygen atoms in total. The van der Waals surface area contributed by atoms with Crippen LogP contribution in [0.2, 0.25) is 5.02 Å². The molecule has 2 rings (SSSR count). The molecule has 7 heteroatoms. The highest BCUT2D eigenvalue weighted by Crippen LogP contribution is 2.37. The van der Waals surface area contributed by atoms with E-state index in [9.17, 15) is 14.7 Å². The van der Waals surface area contributed by atoms with Crippen LogP contribution in [0.3, 0.4) is 0 Å². The average Bonchev–Trinajstić information content (AvgIpc) is 2.55. The zero-order valence-corrected chi connectivity index (χ0v) is 13.9. The molecule has 1 aliphatic carbocycles. The van der Waals surface area contributed by atoms with E-state index in [2.05, 4.69) is 5.32 Å². The Balaban J connectivity index is 2.22. The minimum absolute atomic E-state index is 0.323. The molecule has 2 N–H and O–H groups in total. The van der Waals surface area contributed by atoms with E-state index in [1.54, 1.807) is 6.07 Å². The third-order valence-electron chi connectivity index (χ3n) is 4.15. The Kier molecular flexibility index (Phi) is 5.71. The first-order valence-corrected chi connectivity index (χ1v) is 7.81. The standard InChI is InChI=1S/C16H20ClNO5/c1-22-13-8-14(23-2)12(7-11(13)17)18-15(19)9-5-3-4-6-10(9)16(20)21/h7-10H,3-6H2,1-2H3,(H,18,19)(H,20,21)/t9-,10-/m1/s1. The van der Waals surface area contributed by atoms with Crippen molar-refractivity contribution >= 4 is 29.2 Å². The van der Waals surface area contributed by atoms with E-state index in [1.165, 1.54) is 20.3 Å². The van der Waals surface area contributed by atoms with Crippen LogP contribution in [-0.4, -0.2) is 31.2 Å². The van der Waals surface area contributed by atoms with Crippen LogP contribution < -0.4 is 14.8 Å². The molecule has 0 aliphatic heterocycles. The third-order valence-corrected chi connectivity index (χ3v) is 4.45. The first kappa shape index (κ1) is 17.4. The third kappa shape index (κ3) is 3.88. The van der Waals surface area contributed by atoms with Gasteiger partial charge in [0.05, 0.1) is 36.8 Å². The molecule has 1 amide bonds. The van der Waals surface area contributed by atoms with Crippen LogP contribution in [0.5, 0.6) is 11.5 Å². The Morgan fingerprint density at radius 2 is 1.74 bits per heavy atom. The van der Waals surface area contributed by atoms with Crippen molar-refractivity contribution in [3.05, 3.63) is 17.2 Å². The van der Waals surface area contributed by atoms with E-state index in [-0.39, 0.29) is 5.91 Å². The fraction of sp³-hybridized carbons (Fsp3) is 0.500. The Bertz CT molecular complexity index is 604. The number of hydrogen-bond donors (Lipinski definition) is 2. The second-order valence-corrected chi connectivity index (χ2v) is 5.92. The molecule has 0 bridgehead atoms. The Labute approximate surface area is 139 Å². The van der Waals surface area contributed by atoms with E-state index >= 15 is 0 Å². The van der Waals surface area contributed by atoms with Crippen LogP contribution in [0.1, 0.15) is 25.7 Å². The number of amides is 1. The number of ether oxygens (including phenoxy) is 2. The lowest BCUT2D eigenvalue weighted by atomic mass is 9.78. The molecular weight excluding hydrogens is 322 g/mol. The first-order chi connectivity index (χ1) is 11.0. The highest BCUT2D eigenvalue weighted by atomic mass is 35.5. The van der Waals surface area contributed by atoms with Gasteiger partial charge in [0.25, 0.3) is 0 Å².